The van der Waals surface area contributed by atoms with Crippen LogP contribution in [0.5, 0.6) is 11.6 Å². The van der Waals surface area contributed by atoms with E-state index in [-0.39, 0.29) is 17.2 Å². The summed E-state index contributed by atoms with van der Waals surface area (Å²) in [4.78, 5) is 27.5. The van der Waals surface area contributed by atoms with Crippen LogP contribution in [0.1, 0.15) is 17.3 Å². The third kappa shape index (κ3) is 3.21. The van der Waals surface area contributed by atoms with Gasteiger partial charge in [0.2, 0.25) is 5.88 Å². The highest BCUT2D eigenvalue weighted by Gasteiger charge is 2.16. The number of nitrogens with zero attached hydrogens (tertiary/aromatic N) is 1. The van der Waals surface area contributed by atoms with E-state index in [0.29, 0.717) is 12.2 Å². The zero-order valence-corrected chi connectivity index (χ0v) is 12.3. The molecule has 0 aliphatic rings. The molecule has 3 aromatic rings. The van der Waals surface area contributed by atoms with Crippen molar-refractivity contribution in [2.24, 2.45) is 0 Å². The van der Waals surface area contributed by atoms with Crippen molar-refractivity contribution < 1.29 is 18.7 Å². The molecule has 6 nitrogen and oxygen atoms in total. The van der Waals surface area contributed by atoms with Gasteiger partial charge in [0.05, 0.1) is 6.61 Å². The van der Waals surface area contributed by atoms with Gasteiger partial charge in [0.1, 0.15) is 16.9 Å². The first-order valence-corrected chi connectivity index (χ1v) is 7.01. The summed E-state index contributed by atoms with van der Waals surface area (Å²) in [6.07, 6.45) is 1.53. The van der Waals surface area contributed by atoms with Crippen LogP contribution in [0.15, 0.2) is 57.9 Å². The smallest absolute Gasteiger partial charge is 0.349 e. The molecule has 0 unspecified atom stereocenters. The number of aromatic nitrogens is 1. The number of rotatable bonds is 4. The minimum absolute atomic E-state index is 0.215. The summed E-state index contributed by atoms with van der Waals surface area (Å²) in [7, 11) is 0. The SMILES string of the molecule is CCOc1ncccc1C(=O)Oc1ccc2ccc(=O)oc2c1. The Labute approximate surface area is 131 Å². The molecule has 0 bridgehead atoms. The van der Waals surface area contributed by atoms with Gasteiger partial charge in [-0.2, -0.15) is 0 Å². The number of hydrogen-bond acceptors (Lipinski definition) is 6. The van der Waals surface area contributed by atoms with E-state index in [1.165, 1.54) is 18.3 Å². The van der Waals surface area contributed by atoms with Crippen molar-refractivity contribution in [3.63, 3.8) is 0 Å². The molecule has 0 saturated carbocycles. The topological polar surface area (TPSA) is 78.6 Å². The second kappa shape index (κ2) is 6.31. The first-order chi connectivity index (χ1) is 11.2. The molecule has 2 aromatic heterocycles. The molecule has 23 heavy (non-hydrogen) atoms. The van der Waals surface area contributed by atoms with Crippen molar-refractivity contribution in [3.05, 3.63) is 64.6 Å². The van der Waals surface area contributed by atoms with Crippen LogP contribution in [0.25, 0.3) is 11.0 Å². The molecule has 0 saturated heterocycles. The van der Waals surface area contributed by atoms with E-state index >= 15 is 0 Å². The average Bonchev–Trinajstić information content (AvgIpc) is 2.55. The van der Waals surface area contributed by atoms with Crippen molar-refractivity contribution in [1.82, 2.24) is 4.98 Å². The van der Waals surface area contributed by atoms with Gasteiger partial charge in [-0.3, -0.25) is 0 Å². The molecule has 2 heterocycles. The average molecular weight is 311 g/mol. The van der Waals surface area contributed by atoms with Crippen LogP contribution >= 0.6 is 0 Å². The van der Waals surface area contributed by atoms with E-state index < -0.39 is 11.6 Å². The molecule has 1 aromatic carbocycles. The van der Waals surface area contributed by atoms with E-state index in [0.717, 1.165) is 5.39 Å². The molecule has 0 amide bonds. The highest BCUT2D eigenvalue weighted by Crippen LogP contribution is 2.22. The lowest BCUT2D eigenvalue weighted by molar-refractivity contribution is 0.0729. The third-order valence-corrected chi connectivity index (χ3v) is 3.08. The molecule has 0 radical (unpaired) electrons. The van der Waals surface area contributed by atoms with Crippen LogP contribution in [0.3, 0.4) is 0 Å². The van der Waals surface area contributed by atoms with E-state index in [9.17, 15) is 9.59 Å². The van der Waals surface area contributed by atoms with Gasteiger partial charge in [-0.15, -0.1) is 0 Å². The van der Waals surface area contributed by atoms with Gasteiger partial charge in [-0.05, 0) is 37.3 Å². The number of hydrogen-bond donors (Lipinski definition) is 0. The van der Waals surface area contributed by atoms with Crippen molar-refractivity contribution >= 4 is 16.9 Å². The number of carbonyl (C=O) groups excluding carboxylic acids is 1. The number of fused-ring (bicyclic) bond motifs is 1. The zero-order chi connectivity index (χ0) is 16.2. The van der Waals surface area contributed by atoms with Crippen LogP contribution in [0.2, 0.25) is 0 Å². The fourth-order valence-electron chi connectivity index (χ4n) is 2.06. The van der Waals surface area contributed by atoms with Gasteiger partial charge in [-0.25, -0.2) is 14.6 Å². The lowest BCUT2D eigenvalue weighted by Gasteiger charge is -2.08. The molecule has 0 aliphatic carbocycles. The van der Waals surface area contributed by atoms with Crippen LogP contribution < -0.4 is 15.1 Å². The highest BCUT2D eigenvalue weighted by atomic mass is 16.5. The van der Waals surface area contributed by atoms with Crippen molar-refractivity contribution in [3.8, 4) is 11.6 Å². The molecule has 0 fully saturated rings. The van der Waals surface area contributed by atoms with Gasteiger partial charge in [-0.1, -0.05) is 0 Å². The summed E-state index contributed by atoms with van der Waals surface area (Å²) >= 11 is 0. The minimum atomic E-state index is -0.598. The van der Waals surface area contributed by atoms with Gasteiger partial charge in [0.25, 0.3) is 0 Å². The molecular formula is C17H13NO5. The van der Waals surface area contributed by atoms with Crippen LogP contribution in [0, 0.1) is 0 Å². The summed E-state index contributed by atoms with van der Waals surface area (Å²) < 4.78 is 15.7. The van der Waals surface area contributed by atoms with Crippen LogP contribution in [0.4, 0.5) is 0 Å². The molecule has 6 heteroatoms. The minimum Gasteiger partial charge on any atom is -0.477 e. The number of esters is 1. The lowest BCUT2D eigenvalue weighted by Crippen LogP contribution is -2.11. The molecule has 0 aliphatic heterocycles. The Hall–Kier alpha value is -3.15. The predicted molar refractivity (Wildman–Crippen MR) is 82.8 cm³/mol. The van der Waals surface area contributed by atoms with Crippen molar-refractivity contribution in [2.75, 3.05) is 6.61 Å². The highest BCUT2D eigenvalue weighted by molar-refractivity contribution is 5.93. The number of pyridine rings is 1. The fraction of sp³-hybridized carbons (Fsp3) is 0.118. The van der Waals surface area contributed by atoms with Gasteiger partial charge in [0, 0.05) is 23.7 Å². The normalized spacial score (nSPS) is 10.5. The summed E-state index contributed by atoms with van der Waals surface area (Å²) in [5.41, 5.74) is 0.106. The Morgan fingerprint density at radius 3 is 2.87 bits per heavy atom. The number of carbonyl (C=O) groups is 1. The maximum absolute atomic E-state index is 12.3. The predicted octanol–water partition coefficient (Wildman–Crippen LogP) is 2.81. The molecule has 116 valence electrons. The molecule has 0 spiro atoms. The van der Waals surface area contributed by atoms with Crippen LogP contribution in [-0.4, -0.2) is 17.6 Å². The Morgan fingerprint density at radius 1 is 1.22 bits per heavy atom. The quantitative estimate of drug-likeness (QED) is 0.419. The second-order valence-corrected chi connectivity index (χ2v) is 4.63. The first-order valence-electron chi connectivity index (χ1n) is 7.01. The molecule has 0 N–H and O–H groups in total. The Balaban J connectivity index is 1.89. The summed E-state index contributed by atoms with van der Waals surface area (Å²) in [6, 6.07) is 11.0. The number of benzene rings is 1. The fourth-order valence-corrected chi connectivity index (χ4v) is 2.06. The molecule has 0 atom stereocenters. The summed E-state index contributed by atoms with van der Waals surface area (Å²) in [5.74, 6) is -0.116. The summed E-state index contributed by atoms with van der Waals surface area (Å²) in [5, 5.41) is 0.737. The monoisotopic (exact) mass is 311 g/mol. The van der Waals surface area contributed by atoms with Crippen molar-refractivity contribution in [1.29, 1.82) is 0 Å². The maximum Gasteiger partial charge on any atom is 0.349 e. The third-order valence-electron chi connectivity index (χ3n) is 3.08. The van der Waals surface area contributed by atoms with Gasteiger partial charge >= 0.3 is 11.6 Å². The zero-order valence-electron chi connectivity index (χ0n) is 12.3. The van der Waals surface area contributed by atoms with E-state index in [1.807, 2.05) is 0 Å². The molecular weight excluding hydrogens is 298 g/mol. The van der Waals surface area contributed by atoms with Crippen molar-refractivity contribution in [2.45, 2.75) is 6.92 Å². The second-order valence-electron chi connectivity index (χ2n) is 4.63. The Bertz CT molecular complexity index is 916. The Morgan fingerprint density at radius 2 is 2.04 bits per heavy atom. The van der Waals surface area contributed by atoms with Gasteiger partial charge < -0.3 is 13.9 Å². The Kier molecular flexibility index (Phi) is 4.05. The van der Waals surface area contributed by atoms with E-state index in [1.54, 1.807) is 37.3 Å². The standard InChI is InChI=1S/C17H13NO5/c1-2-21-16-13(4-3-9-18-16)17(20)22-12-7-5-11-6-8-15(19)23-14(11)10-12/h3-10H,2H2,1H3. The summed E-state index contributed by atoms with van der Waals surface area (Å²) in [6.45, 7) is 2.19. The maximum atomic E-state index is 12.3. The van der Waals surface area contributed by atoms with Gasteiger partial charge in [0.15, 0.2) is 0 Å². The largest absolute Gasteiger partial charge is 0.477 e. The first kappa shape index (κ1) is 14.8. The van der Waals surface area contributed by atoms with Crippen LogP contribution in [-0.2, 0) is 0 Å². The molecule has 3 rings (SSSR count). The lowest BCUT2D eigenvalue weighted by atomic mass is 10.2. The van der Waals surface area contributed by atoms with E-state index in [4.69, 9.17) is 13.9 Å². The number of ether oxygens (including phenoxy) is 2. The van der Waals surface area contributed by atoms with E-state index in [2.05, 4.69) is 4.98 Å².